The van der Waals surface area contributed by atoms with Crippen LogP contribution in [0.2, 0.25) is 0 Å². The highest BCUT2D eigenvalue weighted by atomic mass is 32.2. The van der Waals surface area contributed by atoms with Crippen LogP contribution in [-0.2, 0) is 28.9 Å². The van der Waals surface area contributed by atoms with Gasteiger partial charge in [-0.1, -0.05) is 12.1 Å². The Morgan fingerprint density at radius 1 is 0.875 bits per heavy atom. The normalized spacial score (nSPS) is 16.2. The van der Waals surface area contributed by atoms with Gasteiger partial charge in [-0.25, -0.2) is 8.42 Å². The first-order valence-electron chi connectivity index (χ1n) is 12.3. The minimum absolute atomic E-state index is 0.0291. The molecule has 0 amide bonds. The fraction of sp³-hybridized carbons (Fsp3) is 0.250. The van der Waals surface area contributed by atoms with Gasteiger partial charge in [-0.05, 0) is 78.4 Å². The molecule has 0 aliphatic carbocycles. The standard InChI is InChI=1S/C28H23F6N3O2S/c29-27(30,31)21-6-8-22(9-7-21)36-25-15-18(17-37-12-1-2-13-40(37,38)39)14-20-16-19(5-10-23(20)25)26-24(28(32,33)34)4-3-11-35-26/h3-11,14-16,36H,1-2,12-13,17H2. The van der Waals surface area contributed by atoms with E-state index in [1.165, 1.54) is 34.8 Å². The summed E-state index contributed by atoms with van der Waals surface area (Å²) in [6.07, 6.45) is -6.59. The zero-order valence-electron chi connectivity index (χ0n) is 20.9. The third-order valence-electron chi connectivity index (χ3n) is 6.70. The number of anilines is 2. The highest BCUT2D eigenvalue weighted by molar-refractivity contribution is 7.89. The Hall–Kier alpha value is -3.64. The molecule has 1 aliphatic heterocycles. The molecule has 0 radical (unpaired) electrons. The summed E-state index contributed by atoms with van der Waals surface area (Å²) in [5, 5.41) is 4.18. The third-order valence-corrected chi connectivity index (χ3v) is 8.61. The van der Waals surface area contributed by atoms with Gasteiger partial charge in [-0.3, -0.25) is 4.98 Å². The number of aromatic nitrogens is 1. The van der Waals surface area contributed by atoms with Gasteiger partial charge >= 0.3 is 12.4 Å². The zero-order valence-corrected chi connectivity index (χ0v) is 21.7. The van der Waals surface area contributed by atoms with E-state index in [4.69, 9.17) is 0 Å². The van der Waals surface area contributed by atoms with Crippen LogP contribution in [0, 0.1) is 0 Å². The SMILES string of the molecule is O=S1(=O)CCCCN1Cc1cc(Nc2ccc(C(F)(F)F)cc2)c2ccc(-c3ncccc3C(F)(F)F)cc2c1. The quantitative estimate of drug-likeness (QED) is 0.247. The molecule has 0 bridgehead atoms. The van der Waals surface area contributed by atoms with E-state index in [2.05, 4.69) is 10.3 Å². The van der Waals surface area contributed by atoms with Crippen LogP contribution in [0.1, 0.15) is 29.5 Å². The van der Waals surface area contributed by atoms with E-state index in [9.17, 15) is 34.8 Å². The fourth-order valence-corrected chi connectivity index (χ4v) is 6.34. The van der Waals surface area contributed by atoms with Crippen LogP contribution in [0.25, 0.3) is 22.0 Å². The Morgan fingerprint density at radius 3 is 2.30 bits per heavy atom. The van der Waals surface area contributed by atoms with Crippen LogP contribution < -0.4 is 5.32 Å². The van der Waals surface area contributed by atoms with Crippen molar-refractivity contribution in [2.45, 2.75) is 31.7 Å². The van der Waals surface area contributed by atoms with E-state index < -0.39 is 33.5 Å². The number of benzene rings is 3. The molecule has 0 saturated carbocycles. The van der Waals surface area contributed by atoms with Crippen molar-refractivity contribution in [3.63, 3.8) is 0 Å². The molecule has 1 fully saturated rings. The first-order chi connectivity index (χ1) is 18.8. The van der Waals surface area contributed by atoms with Gasteiger partial charge in [0.25, 0.3) is 0 Å². The van der Waals surface area contributed by atoms with E-state index >= 15 is 0 Å². The largest absolute Gasteiger partial charge is 0.418 e. The van der Waals surface area contributed by atoms with Crippen LogP contribution in [0.3, 0.4) is 0 Å². The average molecular weight is 580 g/mol. The molecule has 5 nitrogen and oxygen atoms in total. The maximum atomic E-state index is 13.7. The summed E-state index contributed by atoms with van der Waals surface area (Å²) in [7, 11) is -3.47. The maximum absolute atomic E-state index is 13.7. The number of alkyl halides is 6. The highest BCUT2D eigenvalue weighted by Crippen LogP contribution is 2.38. The van der Waals surface area contributed by atoms with Gasteiger partial charge in [-0.2, -0.15) is 30.6 Å². The number of halogens is 6. The van der Waals surface area contributed by atoms with E-state index in [0.717, 1.165) is 18.2 Å². The number of nitrogens with one attached hydrogen (secondary N) is 1. The Labute approximate surface area is 226 Å². The summed E-state index contributed by atoms with van der Waals surface area (Å²) < 4.78 is 107. The predicted molar refractivity (Wildman–Crippen MR) is 140 cm³/mol. The molecule has 4 aromatic rings. The Morgan fingerprint density at radius 2 is 1.62 bits per heavy atom. The average Bonchev–Trinajstić information content (AvgIpc) is 2.89. The monoisotopic (exact) mass is 579 g/mol. The second kappa shape index (κ2) is 10.4. The van der Waals surface area contributed by atoms with Crippen LogP contribution in [0.5, 0.6) is 0 Å². The van der Waals surface area contributed by atoms with Gasteiger partial charge < -0.3 is 5.32 Å². The lowest BCUT2D eigenvalue weighted by molar-refractivity contribution is -0.138. The molecule has 0 unspecified atom stereocenters. The molecule has 12 heteroatoms. The number of hydrogen-bond donors (Lipinski definition) is 1. The van der Waals surface area contributed by atoms with Gasteiger partial charge in [-0.15, -0.1) is 0 Å². The molecule has 1 saturated heterocycles. The summed E-state index contributed by atoms with van der Waals surface area (Å²) in [6.45, 7) is 0.381. The summed E-state index contributed by atoms with van der Waals surface area (Å²) in [5.74, 6) is 0.0291. The third kappa shape index (κ3) is 5.92. The fourth-order valence-electron chi connectivity index (χ4n) is 4.76. The van der Waals surface area contributed by atoms with Crippen molar-refractivity contribution in [1.29, 1.82) is 0 Å². The molecule has 40 heavy (non-hydrogen) atoms. The summed E-state index contributed by atoms with van der Waals surface area (Å²) >= 11 is 0. The molecule has 0 spiro atoms. The zero-order chi connectivity index (χ0) is 28.7. The van der Waals surface area contributed by atoms with Gasteiger partial charge in [0, 0.05) is 41.6 Å². The van der Waals surface area contributed by atoms with Crippen LogP contribution >= 0.6 is 0 Å². The first kappa shape index (κ1) is 27.9. The van der Waals surface area contributed by atoms with Gasteiger partial charge in [0.1, 0.15) is 0 Å². The number of rotatable bonds is 5. The van der Waals surface area contributed by atoms with Gasteiger partial charge in [0.05, 0.1) is 22.6 Å². The topological polar surface area (TPSA) is 62.3 Å². The molecule has 3 aromatic carbocycles. The van der Waals surface area contributed by atoms with Crippen molar-refractivity contribution < 1.29 is 34.8 Å². The van der Waals surface area contributed by atoms with E-state index in [1.807, 2.05) is 0 Å². The number of pyridine rings is 1. The number of nitrogens with zero attached hydrogens (tertiary/aromatic N) is 2. The second-order valence-electron chi connectivity index (χ2n) is 9.53. The minimum Gasteiger partial charge on any atom is -0.355 e. The second-order valence-corrected chi connectivity index (χ2v) is 11.6. The lowest BCUT2D eigenvalue weighted by Gasteiger charge is -2.26. The number of fused-ring (bicyclic) bond motifs is 1. The Balaban J connectivity index is 1.60. The van der Waals surface area contributed by atoms with Crippen LogP contribution in [-0.4, -0.2) is 30.0 Å². The van der Waals surface area contributed by atoms with E-state index in [-0.39, 0.29) is 23.6 Å². The van der Waals surface area contributed by atoms with Crippen molar-refractivity contribution in [3.8, 4) is 11.3 Å². The molecule has 5 rings (SSSR count). The molecule has 210 valence electrons. The van der Waals surface area contributed by atoms with Crippen molar-refractivity contribution >= 4 is 32.2 Å². The van der Waals surface area contributed by atoms with Crippen molar-refractivity contribution in [2.75, 3.05) is 17.6 Å². The van der Waals surface area contributed by atoms with E-state index in [0.29, 0.717) is 47.1 Å². The number of sulfonamides is 1. The van der Waals surface area contributed by atoms with E-state index in [1.54, 1.807) is 24.3 Å². The molecule has 1 N–H and O–H groups in total. The van der Waals surface area contributed by atoms with Gasteiger partial charge in [0.2, 0.25) is 10.0 Å². The van der Waals surface area contributed by atoms with Gasteiger partial charge in [0.15, 0.2) is 0 Å². The van der Waals surface area contributed by atoms with Crippen molar-refractivity contribution in [1.82, 2.24) is 9.29 Å². The maximum Gasteiger partial charge on any atom is 0.418 e. The predicted octanol–water partition coefficient (Wildman–Crippen LogP) is 7.61. The lowest BCUT2D eigenvalue weighted by atomic mass is 9.98. The Kier molecular flexibility index (Phi) is 7.26. The molecule has 1 aliphatic rings. The van der Waals surface area contributed by atoms with Crippen molar-refractivity contribution in [2.24, 2.45) is 0 Å². The van der Waals surface area contributed by atoms with Crippen molar-refractivity contribution in [3.05, 3.63) is 89.6 Å². The van der Waals surface area contributed by atoms with Crippen LogP contribution in [0.4, 0.5) is 37.7 Å². The summed E-state index contributed by atoms with van der Waals surface area (Å²) in [6, 6.07) is 14.6. The van der Waals surface area contributed by atoms with Crippen LogP contribution in [0.15, 0.2) is 72.9 Å². The minimum atomic E-state index is -4.63. The lowest BCUT2D eigenvalue weighted by Crippen LogP contribution is -2.37. The molecule has 0 atom stereocenters. The smallest absolute Gasteiger partial charge is 0.355 e. The Bertz CT molecular complexity index is 1650. The molecular formula is C28H23F6N3O2S. The highest BCUT2D eigenvalue weighted by Gasteiger charge is 2.34. The number of hydrogen-bond acceptors (Lipinski definition) is 4. The molecule has 1 aromatic heterocycles. The molecule has 2 heterocycles. The summed E-state index contributed by atoms with van der Waals surface area (Å²) in [4.78, 5) is 3.96. The molecular weight excluding hydrogens is 556 g/mol. The first-order valence-corrected chi connectivity index (χ1v) is 13.9. The summed E-state index contributed by atoms with van der Waals surface area (Å²) in [5.41, 5.74) is -0.362.